The summed E-state index contributed by atoms with van der Waals surface area (Å²) in [6.45, 7) is 4.34. The van der Waals surface area contributed by atoms with Gasteiger partial charge in [-0.2, -0.15) is 0 Å². The normalized spacial score (nSPS) is 13.6. The summed E-state index contributed by atoms with van der Waals surface area (Å²) in [6, 6.07) is 0. The summed E-state index contributed by atoms with van der Waals surface area (Å²) < 4.78 is 34.8. The van der Waals surface area contributed by atoms with E-state index in [1.807, 2.05) is 21.1 Å². The molecule has 528 valence electrons. The number of esters is 2. The van der Waals surface area contributed by atoms with Crippen molar-refractivity contribution in [1.82, 2.24) is 0 Å². The summed E-state index contributed by atoms with van der Waals surface area (Å²) in [4.78, 5) is 35.9. The molecule has 0 saturated heterocycles. The van der Waals surface area contributed by atoms with Crippen molar-refractivity contribution in [3.8, 4) is 0 Å². The first-order valence-corrected chi connectivity index (χ1v) is 40.0. The molecule has 1 N–H and O–H groups in total. The molecule has 9 nitrogen and oxygen atoms in total. The van der Waals surface area contributed by atoms with Crippen LogP contribution in [0.25, 0.3) is 0 Å². The Morgan fingerprint density at radius 3 is 0.934 bits per heavy atom. The van der Waals surface area contributed by atoms with E-state index in [1.54, 1.807) is 0 Å². The number of rotatable bonds is 71. The Hall–Kier alpha value is -3.07. The van der Waals surface area contributed by atoms with E-state index in [-0.39, 0.29) is 32.0 Å². The zero-order chi connectivity index (χ0) is 66.2. The molecule has 2 atom stereocenters. The minimum atomic E-state index is -4.40. The molecule has 0 spiro atoms. The highest BCUT2D eigenvalue weighted by atomic mass is 31.2. The number of ether oxygens (including phenoxy) is 2. The van der Waals surface area contributed by atoms with Crippen LogP contribution in [0.5, 0.6) is 0 Å². The van der Waals surface area contributed by atoms with Gasteiger partial charge in [-0.3, -0.25) is 18.6 Å². The van der Waals surface area contributed by atoms with Crippen molar-refractivity contribution in [3.63, 3.8) is 0 Å². The lowest BCUT2D eigenvalue weighted by Gasteiger charge is -2.24. The fourth-order valence-electron chi connectivity index (χ4n) is 11.0. The van der Waals surface area contributed by atoms with Crippen molar-refractivity contribution in [2.75, 3.05) is 47.5 Å². The first-order valence-electron chi connectivity index (χ1n) is 38.5. The molecule has 0 saturated carbocycles. The summed E-state index contributed by atoms with van der Waals surface area (Å²) in [5, 5.41) is 0. The molecule has 10 heteroatoms. The molecule has 0 rings (SSSR count). The minimum absolute atomic E-state index is 0.0254. The van der Waals surface area contributed by atoms with Crippen LogP contribution in [0, 0.1) is 0 Å². The van der Waals surface area contributed by atoms with Crippen LogP contribution in [0.3, 0.4) is 0 Å². The van der Waals surface area contributed by atoms with Gasteiger partial charge in [-0.05, 0) is 77.0 Å². The molecule has 0 heterocycles. The summed E-state index contributed by atoms with van der Waals surface area (Å²) in [5.41, 5.74) is 0. The Kier molecular flexibility index (Phi) is 68.8. The molecule has 0 radical (unpaired) electrons. The number of unbranched alkanes of at least 4 members (excludes halogenated alkanes) is 41. The number of likely N-dealkylation sites (N-methyl/N-ethyl adjacent to an activating group) is 1. The van der Waals surface area contributed by atoms with Crippen LogP contribution in [0.1, 0.15) is 354 Å². The maximum Gasteiger partial charge on any atom is 0.472 e. The van der Waals surface area contributed by atoms with E-state index < -0.39 is 26.5 Å². The van der Waals surface area contributed by atoms with Gasteiger partial charge in [0.05, 0.1) is 27.7 Å². The van der Waals surface area contributed by atoms with Crippen LogP contribution in [0.15, 0.2) is 97.2 Å². The second kappa shape index (κ2) is 71.2. The molecule has 0 aromatic carbocycles. The maximum absolute atomic E-state index is 12.9. The third kappa shape index (κ3) is 75.8. The number of quaternary nitrogens is 1. The van der Waals surface area contributed by atoms with Crippen molar-refractivity contribution in [2.45, 2.75) is 360 Å². The summed E-state index contributed by atoms with van der Waals surface area (Å²) in [7, 11) is 1.47. The van der Waals surface area contributed by atoms with Gasteiger partial charge in [0, 0.05) is 12.8 Å². The van der Waals surface area contributed by atoms with Gasteiger partial charge in [0.2, 0.25) is 0 Å². The van der Waals surface area contributed by atoms with Crippen molar-refractivity contribution in [3.05, 3.63) is 97.2 Å². The summed E-state index contributed by atoms with van der Waals surface area (Å²) in [5.74, 6) is -0.805. The first-order chi connectivity index (χ1) is 44.5. The molecule has 0 aliphatic heterocycles. The van der Waals surface area contributed by atoms with E-state index in [0.29, 0.717) is 17.4 Å². The Labute approximate surface area is 564 Å². The number of carbonyl (C=O) groups is 2. The zero-order valence-corrected chi connectivity index (χ0v) is 61.2. The number of nitrogens with zero attached hydrogens (tertiary/aromatic N) is 1. The number of phosphoric acid groups is 1. The van der Waals surface area contributed by atoms with Crippen molar-refractivity contribution >= 4 is 19.8 Å². The molecule has 0 bridgehead atoms. The molecule has 0 fully saturated rings. The van der Waals surface area contributed by atoms with Crippen molar-refractivity contribution in [1.29, 1.82) is 0 Å². The van der Waals surface area contributed by atoms with E-state index in [2.05, 4.69) is 111 Å². The molecule has 2 unspecified atom stereocenters. The first kappa shape index (κ1) is 87.9. The fourth-order valence-corrected chi connectivity index (χ4v) is 11.8. The number of allylic oxidation sites excluding steroid dienone is 16. The van der Waals surface area contributed by atoms with Gasteiger partial charge in [-0.25, -0.2) is 4.57 Å². The average Bonchev–Trinajstić information content (AvgIpc) is 3.30. The number of hydrogen-bond donors (Lipinski definition) is 1. The Morgan fingerprint density at radius 2 is 0.626 bits per heavy atom. The maximum atomic E-state index is 12.9. The predicted octanol–water partition coefficient (Wildman–Crippen LogP) is 25.4. The molecule has 0 aliphatic carbocycles. The van der Waals surface area contributed by atoms with Crippen LogP contribution in [0.4, 0.5) is 0 Å². The highest BCUT2D eigenvalue weighted by Gasteiger charge is 2.27. The SMILES string of the molecule is CC/C=C\C/C=C\C/C=C\C/C=C\C/C=C\C/C=C\C/C=C\C/C=C\CCCCCCCCC(=O)OC(COC(=O)CCCCCCCCCCCCCCCCCCCCCCCCCCCCCCCCCCCCCC)COP(=O)(O)OCC[N+](C)(C)C. The largest absolute Gasteiger partial charge is 0.472 e. The molecule has 0 aromatic rings. The van der Waals surface area contributed by atoms with E-state index >= 15 is 0 Å². The van der Waals surface area contributed by atoms with E-state index in [9.17, 15) is 19.0 Å². The van der Waals surface area contributed by atoms with Gasteiger partial charge in [-0.15, -0.1) is 0 Å². The average molecular weight is 1290 g/mol. The monoisotopic (exact) mass is 1290 g/mol. The van der Waals surface area contributed by atoms with Crippen LogP contribution in [0.2, 0.25) is 0 Å². The Morgan fingerprint density at radius 1 is 0.352 bits per heavy atom. The number of hydrogen-bond acceptors (Lipinski definition) is 7. The molecule has 0 amide bonds. The summed E-state index contributed by atoms with van der Waals surface area (Å²) in [6.07, 6.45) is 99.8. The lowest BCUT2D eigenvalue weighted by atomic mass is 10.0. The van der Waals surface area contributed by atoms with Crippen LogP contribution >= 0.6 is 7.82 Å². The van der Waals surface area contributed by atoms with Crippen LogP contribution in [-0.4, -0.2) is 74.9 Å². The van der Waals surface area contributed by atoms with Crippen molar-refractivity contribution in [2.24, 2.45) is 0 Å². The Balaban J connectivity index is 4.01. The molecule has 0 aliphatic rings. The molecule has 91 heavy (non-hydrogen) atoms. The predicted molar refractivity (Wildman–Crippen MR) is 395 cm³/mol. The van der Waals surface area contributed by atoms with E-state index in [0.717, 1.165) is 109 Å². The second-order valence-electron chi connectivity index (χ2n) is 27.0. The standard InChI is InChI=1S/C81H146NO8P/c1-6-8-10-12-14-16-18-20-22-24-26-28-30-32-34-36-38-39-40-41-42-44-45-47-49-51-53-55-57-59-61-63-65-67-69-71-73-80(83)87-77-79(78-89-91(85,86)88-76-75-82(3,4)5)90-81(84)74-72-70-68-66-64-62-60-58-56-54-52-50-48-46-43-37-35-33-31-29-27-25-23-21-19-17-15-13-11-9-7-2/h9,11,15,17,21,23,27,29,33,35,43,46,50,52,56,58,79H,6-8,10,12-14,16,18-20,22,24-26,28,30-32,34,36-42,44-45,47-49,51,53-55,57,59-78H2,1-5H3/p+1/b11-9-,17-15-,23-21-,29-27-,35-33-,46-43-,52-50-,58-56-. The van der Waals surface area contributed by atoms with Gasteiger partial charge in [0.15, 0.2) is 6.10 Å². The zero-order valence-electron chi connectivity index (χ0n) is 60.3. The quantitative estimate of drug-likeness (QED) is 0.0211. The third-order valence-corrected chi connectivity index (χ3v) is 17.9. The molecule has 0 aromatic heterocycles. The van der Waals surface area contributed by atoms with Gasteiger partial charge in [-0.1, -0.05) is 361 Å². The van der Waals surface area contributed by atoms with Crippen molar-refractivity contribution < 1.29 is 42.1 Å². The van der Waals surface area contributed by atoms with Crippen LogP contribution in [-0.2, 0) is 32.7 Å². The fraction of sp³-hybridized carbons (Fsp3) is 0.778. The Bertz CT molecular complexity index is 1860. The highest BCUT2D eigenvalue weighted by Crippen LogP contribution is 2.43. The smallest absolute Gasteiger partial charge is 0.462 e. The third-order valence-electron chi connectivity index (χ3n) is 16.9. The van der Waals surface area contributed by atoms with E-state index in [4.69, 9.17) is 18.5 Å². The second-order valence-corrected chi connectivity index (χ2v) is 28.5. The molecular weight excluding hydrogens is 1150 g/mol. The van der Waals surface area contributed by atoms with E-state index in [1.165, 1.54) is 212 Å². The lowest BCUT2D eigenvalue weighted by Crippen LogP contribution is -2.37. The van der Waals surface area contributed by atoms with Crippen LogP contribution < -0.4 is 0 Å². The topological polar surface area (TPSA) is 108 Å². The van der Waals surface area contributed by atoms with Gasteiger partial charge in [0.25, 0.3) is 0 Å². The lowest BCUT2D eigenvalue weighted by molar-refractivity contribution is -0.870. The van der Waals surface area contributed by atoms with Gasteiger partial charge < -0.3 is 18.9 Å². The molecular formula is C81H147NO8P+. The van der Waals surface area contributed by atoms with Gasteiger partial charge >= 0.3 is 19.8 Å². The highest BCUT2D eigenvalue weighted by molar-refractivity contribution is 7.47. The number of phosphoric ester groups is 1. The summed E-state index contributed by atoms with van der Waals surface area (Å²) >= 11 is 0. The number of carbonyl (C=O) groups excluding carboxylic acids is 2. The van der Waals surface area contributed by atoms with Gasteiger partial charge in [0.1, 0.15) is 19.8 Å². The minimum Gasteiger partial charge on any atom is -0.462 e.